The summed E-state index contributed by atoms with van der Waals surface area (Å²) in [7, 11) is 0. The van der Waals surface area contributed by atoms with Crippen LogP contribution in [0.15, 0.2) is 0 Å². The number of hydrogen-bond donors (Lipinski definition) is 8. The minimum absolute atomic E-state index is 0.651. The molecule has 2 heterocycles. The molecule has 2 rings (SSSR count). The van der Waals surface area contributed by atoms with E-state index in [0.29, 0.717) is 0 Å². The Morgan fingerprint density at radius 3 is 1.74 bits per heavy atom. The van der Waals surface area contributed by atoms with E-state index in [4.69, 9.17) is 24.4 Å². The minimum atomic E-state index is -1.75. The van der Waals surface area contributed by atoms with E-state index < -0.39 is 74.6 Å². The highest BCUT2D eigenvalue weighted by Crippen LogP contribution is 2.28. The van der Waals surface area contributed by atoms with Crippen LogP contribution < -0.4 is 0 Å². The molecule has 11 heteroatoms. The summed E-state index contributed by atoms with van der Waals surface area (Å²) in [5, 5.41) is 76.7. The van der Waals surface area contributed by atoms with Crippen LogP contribution in [0.4, 0.5) is 0 Å². The highest BCUT2D eigenvalue weighted by Gasteiger charge is 2.50. The second-order valence-corrected chi connectivity index (χ2v) is 5.53. The molecule has 136 valence electrons. The van der Waals surface area contributed by atoms with Gasteiger partial charge in [-0.1, -0.05) is 0 Å². The van der Waals surface area contributed by atoms with E-state index in [1.54, 1.807) is 0 Å². The summed E-state index contributed by atoms with van der Waals surface area (Å²) in [6.07, 6.45) is -15.6. The van der Waals surface area contributed by atoms with E-state index >= 15 is 0 Å². The zero-order valence-corrected chi connectivity index (χ0v) is 12.0. The van der Waals surface area contributed by atoms with Crippen LogP contribution in [-0.2, 0) is 14.2 Å². The average Bonchev–Trinajstić information content (AvgIpc) is 2.54. The summed E-state index contributed by atoms with van der Waals surface area (Å²) in [5.74, 6) is 0. The summed E-state index contributed by atoms with van der Waals surface area (Å²) < 4.78 is 15.1. The maximum absolute atomic E-state index is 9.94. The molecule has 0 spiro atoms. The SMILES string of the molecule is OCC1O[C@H](OC2C(O)[C@H](O)C(CO)O[C@@H]2O)C(O)C(O)[C@@H]1O. The molecule has 2 aliphatic rings. The standard InChI is InChI=1S/C12H22O11/c13-1-3-6(16)8(18)10(11(20)21-3)23-12-9(19)7(17)5(15)4(2-14)22-12/h3-20H,1-2H2/t3?,4?,5-,6-,7?,8?,9?,10?,11+,12-/m1/s1. The molecule has 0 saturated carbocycles. The Labute approximate surface area is 130 Å². The van der Waals surface area contributed by atoms with Crippen molar-refractivity contribution < 1.29 is 55.1 Å². The summed E-state index contributed by atoms with van der Waals surface area (Å²) in [5.41, 5.74) is 0. The first-order valence-corrected chi connectivity index (χ1v) is 7.08. The fraction of sp³-hybridized carbons (Fsp3) is 1.00. The van der Waals surface area contributed by atoms with Crippen LogP contribution in [0.25, 0.3) is 0 Å². The normalized spacial score (nSPS) is 51.7. The molecule has 2 saturated heterocycles. The van der Waals surface area contributed by atoms with Gasteiger partial charge in [0.05, 0.1) is 13.2 Å². The van der Waals surface area contributed by atoms with E-state index in [-0.39, 0.29) is 0 Å². The summed E-state index contributed by atoms with van der Waals surface area (Å²) in [4.78, 5) is 0. The molecular formula is C12H22O11. The van der Waals surface area contributed by atoms with Crippen molar-refractivity contribution in [3.63, 3.8) is 0 Å². The molecule has 2 fully saturated rings. The Balaban J connectivity index is 2.08. The summed E-state index contributed by atoms with van der Waals surface area (Å²) in [6, 6.07) is 0. The van der Waals surface area contributed by atoms with Crippen LogP contribution in [0.1, 0.15) is 0 Å². The topological polar surface area (TPSA) is 190 Å². The van der Waals surface area contributed by atoms with Gasteiger partial charge in [-0.25, -0.2) is 0 Å². The molecule has 23 heavy (non-hydrogen) atoms. The molecule has 10 atom stereocenters. The van der Waals surface area contributed by atoms with Gasteiger partial charge in [-0.05, 0) is 0 Å². The first kappa shape index (κ1) is 18.9. The van der Waals surface area contributed by atoms with E-state index in [9.17, 15) is 30.6 Å². The van der Waals surface area contributed by atoms with Gasteiger partial charge in [0, 0.05) is 0 Å². The molecule has 0 amide bonds. The quantitative estimate of drug-likeness (QED) is 0.243. The second kappa shape index (κ2) is 7.63. The number of aliphatic hydroxyl groups is 8. The number of hydrogen-bond acceptors (Lipinski definition) is 11. The molecule has 0 aromatic heterocycles. The van der Waals surface area contributed by atoms with Gasteiger partial charge in [0.2, 0.25) is 0 Å². The van der Waals surface area contributed by atoms with E-state index in [2.05, 4.69) is 0 Å². The summed E-state index contributed by atoms with van der Waals surface area (Å²) in [6.45, 7) is -1.33. The van der Waals surface area contributed by atoms with Crippen molar-refractivity contribution in [1.29, 1.82) is 0 Å². The van der Waals surface area contributed by atoms with E-state index in [1.807, 2.05) is 0 Å². The van der Waals surface area contributed by atoms with Crippen molar-refractivity contribution in [2.24, 2.45) is 0 Å². The van der Waals surface area contributed by atoms with Crippen LogP contribution in [-0.4, -0.2) is 115 Å². The Morgan fingerprint density at radius 2 is 1.17 bits per heavy atom. The van der Waals surface area contributed by atoms with Gasteiger partial charge in [-0.2, -0.15) is 0 Å². The molecule has 11 nitrogen and oxygen atoms in total. The molecule has 0 aliphatic carbocycles. The lowest BCUT2D eigenvalue weighted by atomic mass is 9.97. The zero-order valence-electron chi connectivity index (χ0n) is 12.0. The minimum Gasteiger partial charge on any atom is -0.394 e. The van der Waals surface area contributed by atoms with Crippen molar-refractivity contribution in [3.05, 3.63) is 0 Å². The van der Waals surface area contributed by atoms with Gasteiger partial charge in [0.1, 0.15) is 48.8 Å². The zero-order chi connectivity index (χ0) is 17.3. The van der Waals surface area contributed by atoms with Crippen LogP contribution in [0.3, 0.4) is 0 Å². The molecule has 0 aromatic carbocycles. The van der Waals surface area contributed by atoms with Gasteiger partial charge in [0.15, 0.2) is 12.6 Å². The molecular weight excluding hydrogens is 320 g/mol. The van der Waals surface area contributed by atoms with Crippen molar-refractivity contribution in [2.75, 3.05) is 13.2 Å². The largest absolute Gasteiger partial charge is 0.394 e. The highest BCUT2D eigenvalue weighted by molar-refractivity contribution is 4.93. The number of rotatable bonds is 4. The monoisotopic (exact) mass is 342 g/mol. The van der Waals surface area contributed by atoms with Crippen LogP contribution in [0.5, 0.6) is 0 Å². The molecule has 8 N–H and O–H groups in total. The highest BCUT2D eigenvalue weighted by atomic mass is 16.7. The van der Waals surface area contributed by atoms with Crippen LogP contribution in [0, 0.1) is 0 Å². The van der Waals surface area contributed by atoms with E-state index in [0.717, 1.165) is 0 Å². The third-order valence-electron chi connectivity index (χ3n) is 3.98. The second-order valence-electron chi connectivity index (χ2n) is 5.53. The summed E-state index contributed by atoms with van der Waals surface area (Å²) >= 11 is 0. The predicted octanol–water partition coefficient (Wildman–Crippen LogP) is -5.40. The fourth-order valence-corrected chi connectivity index (χ4v) is 2.55. The average molecular weight is 342 g/mol. The first-order chi connectivity index (χ1) is 10.8. The van der Waals surface area contributed by atoms with Gasteiger partial charge < -0.3 is 55.1 Å². The van der Waals surface area contributed by atoms with Crippen molar-refractivity contribution in [1.82, 2.24) is 0 Å². The molecule has 0 radical (unpaired) electrons. The fourth-order valence-electron chi connectivity index (χ4n) is 2.55. The lowest BCUT2D eigenvalue weighted by molar-refractivity contribution is -0.361. The van der Waals surface area contributed by atoms with Crippen molar-refractivity contribution >= 4 is 0 Å². The van der Waals surface area contributed by atoms with Gasteiger partial charge in [-0.3, -0.25) is 0 Å². The predicted molar refractivity (Wildman–Crippen MR) is 68.6 cm³/mol. The van der Waals surface area contributed by atoms with E-state index in [1.165, 1.54) is 0 Å². The van der Waals surface area contributed by atoms with Crippen molar-refractivity contribution in [3.8, 4) is 0 Å². The maximum Gasteiger partial charge on any atom is 0.187 e. The first-order valence-electron chi connectivity index (χ1n) is 7.08. The molecule has 0 bridgehead atoms. The Hall–Kier alpha value is -0.440. The van der Waals surface area contributed by atoms with Gasteiger partial charge >= 0.3 is 0 Å². The lowest BCUT2D eigenvalue weighted by Gasteiger charge is -2.44. The number of ether oxygens (including phenoxy) is 3. The smallest absolute Gasteiger partial charge is 0.187 e. The third-order valence-corrected chi connectivity index (χ3v) is 3.98. The third kappa shape index (κ3) is 3.65. The number of aliphatic hydroxyl groups excluding tert-OH is 8. The van der Waals surface area contributed by atoms with Gasteiger partial charge in [0.25, 0.3) is 0 Å². The molecule has 2 aliphatic heterocycles. The van der Waals surface area contributed by atoms with Crippen LogP contribution >= 0.6 is 0 Å². The molecule has 6 unspecified atom stereocenters. The van der Waals surface area contributed by atoms with Gasteiger partial charge in [-0.15, -0.1) is 0 Å². The van der Waals surface area contributed by atoms with Crippen molar-refractivity contribution in [2.45, 2.75) is 61.4 Å². The lowest BCUT2D eigenvalue weighted by Crippen LogP contribution is -2.64. The molecule has 0 aromatic rings. The Bertz CT molecular complexity index is 380. The Kier molecular flexibility index (Phi) is 6.27. The Morgan fingerprint density at radius 1 is 0.652 bits per heavy atom. The van der Waals surface area contributed by atoms with Crippen LogP contribution in [0.2, 0.25) is 0 Å². The maximum atomic E-state index is 9.94.